The van der Waals surface area contributed by atoms with Crippen molar-refractivity contribution in [3.05, 3.63) is 90.0 Å². The van der Waals surface area contributed by atoms with Gasteiger partial charge >= 0.3 is 11.8 Å². The molecule has 0 aliphatic rings. The molecular formula is C23H21N3O4. The van der Waals surface area contributed by atoms with Crippen LogP contribution in [-0.2, 0) is 16.2 Å². The fourth-order valence-corrected chi connectivity index (χ4v) is 2.57. The van der Waals surface area contributed by atoms with Gasteiger partial charge in [0.1, 0.15) is 18.1 Å². The number of hydrogen-bond donors (Lipinski definition) is 2. The molecular weight excluding hydrogens is 382 g/mol. The number of carbonyl (C=O) groups excluding carboxylic acids is 2. The maximum Gasteiger partial charge on any atom is 0.329 e. The normalized spacial score (nSPS) is 10.4. The minimum Gasteiger partial charge on any atom is -0.495 e. The number of rotatable bonds is 7. The van der Waals surface area contributed by atoms with Crippen LogP contribution in [0.1, 0.15) is 11.1 Å². The fraction of sp³-hybridized carbons (Fsp3) is 0.0870. The second-order valence-electron chi connectivity index (χ2n) is 6.20. The lowest BCUT2D eigenvalue weighted by atomic mass is 10.2. The van der Waals surface area contributed by atoms with Crippen LogP contribution < -0.4 is 20.2 Å². The first-order valence-electron chi connectivity index (χ1n) is 9.20. The molecule has 7 heteroatoms. The third-order valence-electron chi connectivity index (χ3n) is 4.05. The van der Waals surface area contributed by atoms with E-state index in [4.69, 9.17) is 9.47 Å². The van der Waals surface area contributed by atoms with Gasteiger partial charge in [0.05, 0.1) is 19.0 Å². The minimum atomic E-state index is -0.895. The molecule has 0 atom stereocenters. The van der Waals surface area contributed by atoms with E-state index >= 15 is 0 Å². The smallest absolute Gasteiger partial charge is 0.329 e. The predicted molar refractivity (Wildman–Crippen MR) is 115 cm³/mol. The number of hydrogen-bond acceptors (Lipinski definition) is 5. The molecule has 0 bridgehead atoms. The van der Waals surface area contributed by atoms with Gasteiger partial charge in [0, 0.05) is 0 Å². The molecule has 0 saturated heterocycles. The average Bonchev–Trinajstić information content (AvgIpc) is 2.79. The molecule has 0 saturated carbocycles. The van der Waals surface area contributed by atoms with E-state index in [0.29, 0.717) is 29.4 Å². The van der Waals surface area contributed by atoms with E-state index in [1.807, 2.05) is 42.5 Å². The predicted octanol–water partition coefficient (Wildman–Crippen LogP) is 3.36. The molecule has 0 fully saturated rings. The fourth-order valence-electron chi connectivity index (χ4n) is 2.57. The van der Waals surface area contributed by atoms with Gasteiger partial charge in [-0.3, -0.25) is 9.59 Å². The highest BCUT2D eigenvalue weighted by molar-refractivity contribution is 6.39. The Morgan fingerprint density at radius 3 is 2.50 bits per heavy atom. The lowest BCUT2D eigenvalue weighted by Gasteiger charge is -2.08. The Labute approximate surface area is 174 Å². The summed E-state index contributed by atoms with van der Waals surface area (Å²) in [6, 6.07) is 23.9. The van der Waals surface area contributed by atoms with Crippen molar-refractivity contribution >= 4 is 23.7 Å². The number of para-hydroxylation sites is 2. The number of nitrogens with zero attached hydrogens (tertiary/aromatic N) is 1. The summed E-state index contributed by atoms with van der Waals surface area (Å²) in [5.74, 6) is -0.622. The lowest BCUT2D eigenvalue weighted by Crippen LogP contribution is -2.32. The van der Waals surface area contributed by atoms with Crippen molar-refractivity contribution in [2.24, 2.45) is 5.10 Å². The van der Waals surface area contributed by atoms with Gasteiger partial charge in [-0.25, -0.2) is 5.43 Å². The molecule has 0 aliphatic heterocycles. The quantitative estimate of drug-likeness (QED) is 0.360. The van der Waals surface area contributed by atoms with Gasteiger partial charge in [-0.05, 0) is 35.4 Å². The van der Waals surface area contributed by atoms with E-state index in [2.05, 4.69) is 15.8 Å². The topological polar surface area (TPSA) is 89.0 Å². The van der Waals surface area contributed by atoms with Crippen LogP contribution in [0.5, 0.6) is 11.5 Å². The largest absolute Gasteiger partial charge is 0.495 e. The zero-order chi connectivity index (χ0) is 21.2. The molecule has 152 valence electrons. The number of anilines is 1. The summed E-state index contributed by atoms with van der Waals surface area (Å²) < 4.78 is 10.9. The summed E-state index contributed by atoms with van der Waals surface area (Å²) in [6.45, 7) is 0.446. The molecule has 0 unspecified atom stereocenters. The number of methoxy groups -OCH3 is 1. The van der Waals surface area contributed by atoms with Gasteiger partial charge in [0.2, 0.25) is 0 Å². The van der Waals surface area contributed by atoms with E-state index in [0.717, 1.165) is 5.56 Å². The first-order valence-corrected chi connectivity index (χ1v) is 9.20. The molecule has 2 N–H and O–H groups in total. The molecule has 30 heavy (non-hydrogen) atoms. The van der Waals surface area contributed by atoms with Crippen LogP contribution in [0.2, 0.25) is 0 Å². The highest BCUT2D eigenvalue weighted by Gasteiger charge is 2.14. The first kappa shape index (κ1) is 20.6. The molecule has 7 nitrogen and oxygen atoms in total. The SMILES string of the molecule is COc1ccccc1NC(=O)C(=O)N/N=C\c1cccc(OCc2ccccc2)c1. The zero-order valence-corrected chi connectivity index (χ0v) is 16.4. The van der Waals surface area contributed by atoms with E-state index in [1.165, 1.54) is 13.3 Å². The molecule has 3 rings (SSSR count). The molecule has 0 aromatic heterocycles. The summed E-state index contributed by atoms with van der Waals surface area (Å²) in [5.41, 5.74) is 4.37. The first-order chi connectivity index (χ1) is 14.7. The van der Waals surface area contributed by atoms with Crippen molar-refractivity contribution in [2.45, 2.75) is 6.61 Å². The molecule has 0 spiro atoms. The summed E-state index contributed by atoms with van der Waals surface area (Å²) in [7, 11) is 1.48. The Hall–Kier alpha value is -4.13. The number of benzene rings is 3. The van der Waals surface area contributed by atoms with Crippen molar-refractivity contribution < 1.29 is 19.1 Å². The standard InChI is InChI=1S/C23H21N3O4/c1-29-21-13-6-5-12-20(21)25-22(27)23(28)26-24-15-18-10-7-11-19(14-18)30-16-17-8-3-2-4-9-17/h2-15H,16H2,1H3,(H,25,27)(H,26,28)/b24-15-. The highest BCUT2D eigenvalue weighted by Crippen LogP contribution is 2.22. The third-order valence-corrected chi connectivity index (χ3v) is 4.05. The number of ether oxygens (including phenoxy) is 2. The Bertz CT molecular complexity index is 1040. The summed E-state index contributed by atoms with van der Waals surface area (Å²) in [4.78, 5) is 24.0. The summed E-state index contributed by atoms with van der Waals surface area (Å²) in [6.07, 6.45) is 1.43. The van der Waals surface area contributed by atoms with Crippen molar-refractivity contribution in [3.8, 4) is 11.5 Å². The van der Waals surface area contributed by atoms with Crippen LogP contribution in [0.3, 0.4) is 0 Å². The van der Waals surface area contributed by atoms with Crippen molar-refractivity contribution in [2.75, 3.05) is 12.4 Å². The number of amides is 2. The van der Waals surface area contributed by atoms with Gasteiger partial charge in [-0.1, -0.05) is 54.6 Å². The van der Waals surface area contributed by atoms with Gasteiger partial charge in [-0.15, -0.1) is 0 Å². The Balaban J connectivity index is 1.53. The van der Waals surface area contributed by atoms with E-state index in [1.54, 1.807) is 36.4 Å². The minimum absolute atomic E-state index is 0.396. The van der Waals surface area contributed by atoms with Gasteiger partial charge in [0.25, 0.3) is 0 Å². The second kappa shape index (κ2) is 10.4. The van der Waals surface area contributed by atoms with E-state index in [-0.39, 0.29) is 0 Å². The van der Waals surface area contributed by atoms with E-state index in [9.17, 15) is 9.59 Å². The summed E-state index contributed by atoms with van der Waals surface area (Å²) >= 11 is 0. The Morgan fingerprint density at radius 2 is 1.70 bits per heavy atom. The number of hydrazone groups is 1. The van der Waals surface area contributed by atoms with Crippen LogP contribution in [0.4, 0.5) is 5.69 Å². The monoisotopic (exact) mass is 403 g/mol. The number of carbonyl (C=O) groups is 2. The van der Waals surface area contributed by atoms with Crippen LogP contribution in [-0.4, -0.2) is 25.1 Å². The van der Waals surface area contributed by atoms with E-state index < -0.39 is 11.8 Å². The lowest BCUT2D eigenvalue weighted by molar-refractivity contribution is -0.136. The van der Waals surface area contributed by atoms with Gasteiger partial charge < -0.3 is 14.8 Å². The highest BCUT2D eigenvalue weighted by atomic mass is 16.5. The second-order valence-corrected chi connectivity index (χ2v) is 6.20. The maximum atomic E-state index is 12.0. The third kappa shape index (κ3) is 5.93. The van der Waals surface area contributed by atoms with Crippen molar-refractivity contribution in [1.82, 2.24) is 5.43 Å². The molecule has 3 aromatic carbocycles. The van der Waals surface area contributed by atoms with Crippen LogP contribution in [0, 0.1) is 0 Å². The van der Waals surface area contributed by atoms with Crippen LogP contribution in [0.15, 0.2) is 84.0 Å². The average molecular weight is 403 g/mol. The van der Waals surface area contributed by atoms with Crippen molar-refractivity contribution in [3.63, 3.8) is 0 Å². The zero-order valence-electron chi connectivity index (χ0n) is 16.4. The Morgan fingerprint density at radius 1 is 0.933 bits per heavy atom. The molecule has 2 amide bonds. The Kier molecular flexibility index (Phi) is 7.16. The van der Waals surface area contributed by atoms with Gasteiger partial charge in [0.15, 0.2) is 0 Å². The summed E-state index contributed by atoms with van der Waals surface area (Å²) in [5, 5.41) is 6.32. The van der Waals surface area contributed by atoms with Crippen molar-refractivity contribution in [1.29, 1.82) is 0 Å². The number of nitrogens with one attached hydrogen (secondary N) is 2. The maximum absolute atomic E-state index is 12.0. The molecule has 0 aliphatic carbocycles. The van der Waals surface area contributed by atoms with Gasteiger partial charge in [-0.2, -0.15) is 5.10 Å². The molecule has 3 aromatic rings. The van der Waals surface area contributed by atoms with Crippen LogP contribution >= 0.6 is 0 Å². The molecule has 0 heterocycles. The molecule has 0 radical (unpaired) electrons. The van der Waals surface area contributed by atoms with Crippen LogP contribution in [0.25, 0.3) is 0 Å².